The third-order valence-corrected chi connectivity index (χ3v) is 3.49. The van der Waals surface area contributed by atoms with Gasteiger partial charge in [-0.2, -0.15) is 0 Å². The topological polar surface area (TPSA) is 26.0 Å². The molecular weight excluding hydrogens is 208 g/mol. The highest BCUT2D eigenvalue weighted by molar-refractivity contribution is 5.27. The monoisotopic (exact) mass is 225 g/mol. The summed E-state index contributed by atoms with van der Waals surface area (Å²) in [4.78, 5) is 0. The lowest BCUT2D eigenvalue weighted by atomic mass is 9.80. The van der Waals surface area contributed by atoms with E-state index in [2.05, 4.69) is 0 Å². The summed E-state index contributed by atoms with van der Waals surface area (Å²) in [6.07, 6.45) is 4.34. The molecule has 1 aliphatic rings. The Hall–Kier alpha value is -0.960. The Morgan fingerprint density at radius 2 is 2.00 bits per heavy atom. The van der Waals surface area contributed by atoms with Gasteiger partial charge in [0, 0.05) is 11.6 Å². The van der Waals surface area contributed by atoms with Crippen molar-refractivity contribution in [3.05, 3.63) is 34.9 Å². The van der Waals surface area contributed by atoms with Gasteiger partial charge in [0.15, 0.2) is 0 Å². The van der Waals surface area contributed by atoms with Crippen LogP contribution in [-0.4, -0.2) is 0 Å². The van der Waals surface area contributed by atoms with Crippen LogP contribution in [0, 0.1) is 24.5 Å². The Bertz CT molecular complexity index is 386. The molecule has 1 aliphatic carbocycles. The molecule has 0 aromatic heterocycles. The lowest BCUT2D eigenvalue weighted by Crippen LogP contribution is -2.21. The van der Waals surface area contributed by atoms with Crippen LogP contribution in [0.15, 0.2) is 12.1 Å². The summed E-state index contributed by atoms with van der Waals surface area (Å²) in [7, 11) is 0. The van der Waals surface area contributed by atoms with E-state index >= 15 is 0 Å². The number of benzene rings is 1. The largest absolute Gasteiger partial charge is 0.324 e. The van der Waals surface area contributed by atoms with E-state index in [-0.39, 0.29) is 17.7 Å². The van der Waals surface area contributed by atoms with E-state index in [4.69, 9.17) is 5.73 Å². The van der Waals surface area contributed by atoms with E-state index < -0.39 is 0 Å². The first-order valence-electron chi connectivity index (χ1n) is 5.79. The predicted octanol–water partition coefficient (Wildman–Crippen LogP) is 3.46. The van der Waals surface area contributed by atoms with Gasteiger partial charge >= 0.3 is 0 Å². The summed E-state index contributed by atoms with van der Waals surface area (Å²) in [5.74, 6) is -0.162. The fourth-order valence-electron chi connectivity index (χ4n) is 2.16. The maximum absolute atomic E-state index is 13.6. The van der Waals surface area contributed by atoms with Crippen molar-refractivity contribution in [2.24, 2.45) is 11.7 Å². The number of hydrogen-bond donors (Lipinski definition) is 1. The first-order valence-corrected chi connectivity index (χ1v) is 5.79. The summed E-state index contributed by atoms with van der Waals surface area (Å²) in [6, 6.07) is 2.10. The number of hydrogen-bond acceptors (Lipinski definition) is 1. The molecule has 2 rings (SSSR count). The molecule has 88 valence electrons. The van der Waals surface area contributed by atoms with Gasteiger partial charge in [0.25, 0.3) is 0 Å². The van der Waals surface area contributed by atoms with E-state index in [0.717, 1.165) is 6.42 Å². The summed E-state index contributed by atoms with van der Waals surface area (Å²) in [5.41, 5.74) is 6.56. The van der Waals surface area contributed by atoms with Crippen LogP contribution in [0.2, 0.25) is 0 Å². The highest BCUT2D eigenvalue weighted by atomic mass is 19.1. The maximum atomic E-state index is 13.6. The van der Waals surface area contributed by atoms with Gasteiger partial charge in [0.05, 0.1) is 0 Å². The van der Waals surface area contributed by atoms with Crippen LogP contribution < -0.4 is 5.73 Å². The van der Waals surface area contributed by atoms with E-state index in [1.165, 1.54) is 31.4 Å². The molecule has 0 radical (unpaired) electrons. The zero-order valence-electron chi connectivity index (χ0n) is 9.47. The normalized spacial score (nSPS) is 18.2. The number of halogens is 2. The van der Waals surface area contributed by atoms with E-state index in [1.807, 2.05) is 0 Å². The zero-order valence-corrected chi connectivity index (χ0v) is 9.47. The first kappa shape index (κ1) is 11.5. The minimum Gasteiger partial charge on any atom is -0.324 e. The van der Waals surface area contributed by atoms with Crippen LogP contribution in [0.3, 0.4) is 0 Å². The highest BCUT2D eigenvalue weighted by Crippen LogP contribution is 2.34. The molecular formula is C13H17F2N. The van der Waals surface area contributed by atoms with Crippen LogP contribution in [0.5, 0.6) is 0 Å². The number of aryl methyl sites for hydroxylation is 1. The summed E-state index contributed by atoms with van der Waals surface area (Å²) >= 11 is 0. The average molecular weight is 225 g/mol. The SMILES string of the molecule is Cc1cc(F)c(C(N)CC2CCC2)cc1F. The van der Waals surface area contributed by atoms with Crippen molar-refractivity contribution in [2.75, 3.05) is 0 Å². The van der Waals surface area contributed by atoms with Crippen molar-refractivity contribution >= 4 is 0 Å². The van der Waals surface area contributed by atoms with Crippen LogP contribution >= 0.6 is 0 Å². The molecule has 1 aromatic rings. The van der Waals surface area contributed by atoms with Gasteiger partial charge < -0.3 is 5.73 Å². The minimum atomic E-state index is -0.384. The molecule has 0 heterocycles. The molecule has 0 aliphatic heterocycles. The van der Waals surface area contributed by atoms with Crippen molar-refractivity contribution in [3.63, 3.8) is 0 Å². The van der Waals surface area contributed by atoms with Crippen molar-refractivity contribution in [3.8, 4) is 0 Å². The molecule has 0 spiro atoms. The lowest BCUT2D eigenvalue weighted by Gasteiger charge is -2.28. The van der Waals surface area contributed by atoms with Crippen LogP contribution in [-0.2, 0) is 0 Å². The molecule has 3 heteroatoms. The van der Waals surface area contributed by atoms with Crippen LogP contribution in [0.1, 0.15) is 42.9 Å². The van der Waals surface area contributed by atoms with Crippen LogP contribution in [0.25, 0.3) is 0 Å². The van der Waals surface area contributed by atoms with E-state index in [9.17, 15) is 8.78 Å². The third-order valence-electron chi connectivity index (χ3n) is 3.49. The molecule has 1 atom stereocenters. The lowest BCUT2D eigenvalue weighted by molar-refractivity contribution is 0.275. The van der Waals surface area contributed by atoms with Gasteiger partial charge in [-0.1, -0.05) is 19.3 Å². The van der Waals surface area contributed by atoms with Gasteiger partial charge in [-0.15, -0.1) is 0 Å². The van der Waals surface area contributed by atoms with E-state index in [1.54, 1.807) is 6.92 Å². The van der Waals surface area contributed by atoms with Gasteiger partial charge in [-0.3, -0.25) is 0 Å². The second-order valence-corrected chi connectivity index (χ2v) is 4.76. The Morgan fingerprint density at radius 3 is 2.56 bits per heavy atom. The van der Waals surface area contributed by atoms with E-state index in [0.29, 0.717) is 17.0 Å². The first-order chi connectivity index (χ1) is 7.58. The molecule has 0 amide bonds. The summed E-state index contributed by atoms with van der Waals surface area (Å²) in [5, 5.41) is 0. The molecule has 0 bridgehead atoms. The molecule has 1 unspecified atom stereocenters. The summed E-state index contributed by atoms with van der Waals surface area (Å²) in [6.45, 7) is 1.56. The van der Waals surface area contributed by atoms with Gasteiger partial charge in [0.1, 0.15) is 11.6 Å². The molecule has 0 saturated heterocycles. The second kappa shape index (κ2) is 4.50. The summed E-state index contributed by atoms with van der Waals surface area (Å²) < 4.78 is 26.9. The number of rotatable bonds is 3. The Labute approximate surface area is 94.7 Å². The highest BCUT2D eigenvalue weighted by Gasteiger charge is 2.23. The predicted molar refractivity (Wildman–Crippen MR) is 60.0 cm³/mol. The van der Waals surface area contributed by atoms with Crippen molar-refractivity contribution in [1.82, 2.24) is 0 Å². The molecule has 2 N–H and O–H groups in total. The minimum absolute atomic E-state index is 0.315. The molecule has 1 aromatic carbocycles. The van der Waals surface area contributed by atoms with Gasteiger partial charge in [0.2, 0.25) is 0 Å². The quantitative estimate of drug-likeness (QED) is 0.837. The fraction of sp³-hybridized carbons (Fsp3) is 0.538. The molecule has 16 heavy (non-hydrogen) atoms. The van der Waals surface area contributed by atoms with Crippen molar-refractivity contribution < 1.29 is 8.78 Å². The van der Waals surface area contributed by atoms with Crippen molar-refractivity contribution in [2.45, 2.75) is 38.6 Å². The smallest absolute Gasteiger partial charge is 0.128 e. The van der Waals surface area contributed by atoms with Gasteiger partial charge in [-0.25, -0.2) is 8.78 Å². The number of nitrogens with two attached hydrogens (primary N) is 1. The molecule has 1 fully saturated rings. The maximum Gasteiger partial charge on any atom is 0.128 e. The molecule has 1 saturated carbocycles. The Balaban J connectivity index is 2.14. The zero-order chi connectivity index (χ0) is 11.7. The van der Waals surface area contributed by atoms with Crippen LogP contribution in [0.4, 0.5) is 8.78 Å². The second-order valence-electron chi connectivity index (χ2n) is 4.76. The third kappa shape index (κ3) is 2.24. The fourth-order valence-corrected chi connectivity index (χ4v) is 2.16. The molecule has 1 nitrogen and oxygen atoms in total. The van der Waals surface area contributed by atoms with Gasteiger partial charge in [-0.05, 0) is 37.0 Å². The Morgan fingerprint density at radius 1 is 1.31 bits per heavy atom. The Kier molecular flexibility index (Phi) is 3.24. The van der Waals surface area contributed by atoms with Crippen molar-refractivity contribution in [1.29, 1.82) is 0 Å². The standard InChI is InChI=1S/C13H17F2N/c1-8-5-12(15)10(7-11(8)14)13(16)6-9-3-2-4-9/h5,7,9,13H,2-4,6,16H2,1H3. The average Bonchev–Trinajstić information content (AvgIpc) is 2.17.